The number of urea groups is 1. The summed E-state index contributed by atoms with van der Waals surface area (Å²) in [6.07, 6.45) is 2.38. The number of benzene rings is 2. The van der Waals surface area contributed by atoms with Crippen LogP contribution >= 0.6 is 11.6 Å². The topological polar surface area (TPSA) is 88.5 Å². The largest absolute Gasteiger partial charge is 0.492 e. The average molecular weight is 440 g/mol. The number of halogens is 1. The zero-order valence-electron chi connectivity index (χ0n) is 17.1. The summed E-state index contributed by atoms with van der Waals surface area (Å²) in [6.45, 7) is 0.475. The fourth-order valence-electron chi connectivity index (χ4n) is 3.40. The Labute approximate surface area is 184 Å². The molecule has 9 heteroatoms. The average Bonchev–Trinajstić information content (AvgIpc) is 3.22. The summed E-state index contributed by atoms with van der Waals surface area (Å²) in [4.78, 5) is 26.1. The zero-order valence-corrected chi connectivity index (χ0v) is 17.9. The number of fused-ring (bicyclic) bond motifs is 1. The predicted octanol–water partition coefficient (Wildman–Crippen LogP) is 3.87. The maximum atomic E-state index is 12.5. The first-order valence-corrected chi connectivity index (χ1v) is 10.2. The van der Waals surface area contributed by atoms with Crippen molar-refractivity contribution in [1.29, 1.82) is 0 Å². The van der Waals surface area contributed by atoms with Crippen molar-refractivity contribution in [2.45, 2.75) is 12.5 Å². The van der Waals surface area contributed by atoms with E-state index in [2.05, 4.69) is 15.7 Å². The molecular formula is C22H22ClN5O3. The molecule has 0 bridgehead atoms. The van der Waals surface area contributed by atoms with Crippen LogP contribution in [0.2, 0.25) is 5.02 Å². The number of hydrogen-bond acceptors (Lipinski definition) is 4. The van der Waals surface area contributed by atoms with Crippen molar-refractivity contribution in [3.8, 4) is 11.4 Å². The third-order valence-electron chi connectivity index (χ3n) is 4.95. The highest BCUT2D eigenvalue weighted by atomic mass is 35.5. The minimum absolute atomic E-state index is 0.0676. The van der Waals surface area contributed by atoms with Crippen molar-refractivity contribution >= 4 is 29.4 Å². The summed E-state index contributed by atoms with van der Waals surface area (Å²) in [5.41, 5.74) is 2.22. The van der Waals surface area contributed by atoms with E-state index < -0.39 is 0 Å². The van der Waals surface area contributed by atoms with Crippen LogP contribution in [-0.2, 0) is 0 Å². The van der Waals surface area contributed by atoms with Gasteiger partial charge in [-0.3, -0.25) is 10.1 Å². The van der Waals surface area contributed by atoms with Crippen molar-refractivity contribution in [2.24, 2.45) is 0 Å². The van der Waals surface area contributed by atoms with Crippen LogP contribution in [0.15, 0.2) is 54.7 Å². The minimum Gasteiger partial charge on any atom is -0.492 e. The Kier molecular flexibility index (Phi) is 5.81. The van der Waals surface area contributed by atoms with E-state index in [1.54, 1.807) is 61.4 Å². The van der Waals surface area contributed by atoms with Gasteiger partial charge < -0.3 is 15.0 Å². The molecule has 8 nitrogen and oxygen atoms in total. The molecule has 1 aliphatic heterocycles. The predicted molar refractivity (Wildman–Crippen MR) is 118 cm³/mol. The Morgan fingerprint density at radius 3 is 2.68 bits per heavy atom. The second-order valence-electron chi connectivity index (χ2n) is 7.34. The van der Waals surface area contributed by atoms with E-state index in [4.69, 9.17) is 16.3 Å². The van der Waals surface area contributed by atoms with E-state index in [1.165, 1.54) is 4.90 Å². The van der Waals surface area contributed by atoms with Gasteiger partial charge in [-0.2, -0.15) is 0 Å². The summed E-state index contributed by atoms with van der Waals surface area (Å²) < 4.78 is 7.26. The van der Waals surface area contributed by atoms with Gasteiger partial charge in [0, 0.05) is 43.9 Å². The third-order valence-corrected chi connectivity index (χ3v) is 5.24. The first kappa shape index (κ1) is 20.7. The van der Waals surface area contributed by atoms with Crippen molar-refractivity contribution in [2.75, 3.05) is 26.0 Å². The molecule has 0 saturated carbocycles. The molecule has 3 amide bonds. The van der Waals surface area contributed by atoms with Crippen molar-refractivity contribution < 1.29 is 14.3 Å². The Hall–Kier alpha value is -3.52. The molecule has 1 aromatic heterocycles. The summed E-state index contributed by atoms with van der Waals surface area (Å²) in [5.74, 6) is 0.951. The monoisotopic (exact) mass is 439 g/mol. The van der Waals surface area contributed by atoms with Crippen molar-refractivity contribution in [3.63, 3.8) is 0 Å². The SMILES string of the molecule is CN(C)C(=O)c1ccc(-n2ccc(NC(=O)N[C@H]3CCOc4c(Cl)cccc43)n2)cc1. The molecule has 1 atom stereocenters. The van der Waals surface area contributed by atoms with E-state index in [0.717, 1.165) is 11.3 Å². The van der Waals surface area contributed by atoms with Gasteiger partial charge in [-0.15, -0.1) is 5.10 Å². The van der Waals surface area contributed by atoms with E-state index in [1.807, 2.05) is 12.1 Å². The molecular weight excluding hydrogens is 418 g/mol. The number of amides is 3. The van der Waals surface area contributed by atoms with Gasteiger partial charge in [0.2, 0.25) is 0 Å². The van der Waals surface area contributed by atoms with Gasteiger partial charge in [0.25, 0.3) is 5.91 Å². The van der Waals surface area contributed by atoms with Gasteiger partial charge in [0.1, 0.15) is 5.75 Å². The van der Waals surface area contributed by atoms with E-state index in [9.17, 15) is 9.59 Å². The molecule has 31 heavy (non-hydrogen) atoms. The number of nitrogens with zero attached hydrogens (tertiary/aromatic N) is 3. The Morgan fingerprint density at radius 2 is 1.94 bits per heavy atom. The fourth-order valence-corrected chi connectivity index (χ4v) is 3.63. The number of rotatable bonds is 4. The number of hydrogen-bond donors (Lipinski definition) is 2. The lowest BCUT2D eigenvalue weighted by molar-refractivity contribution is 0.0827. The zero-order chi connectivity index (χ0) is 22.0. The molecule has 3 aromatic rings. The molecule has 0 aliphatic carbocycles. The molecule has 2 heterocycles. The number of para-hydroxylation sites is 1. The lowest BCUT2D eigenvalue weighted by Crippen LogP contribution is -2.35. The van der Waals surface area contributed by atoms with E-state index in [0.29, 0.717) is 35.2 Å². The molecule has 4 rings (SSSR count). The van der Waals surface area contributed by atoms with Crippen molar-refractivity contribution in [1.82, 2.24) is 20.0 Å². The highest BCUT2D eigenvalue weighted by molar-refractivity contribution is 6.32. The smallest absolute Gasteiger partial charge is 0.320 e. The first-order valence-electron chi connectivity index (χ1n) is 9.79. The Balaban J connectivity index is 1.41. The molecule has 0 unspecified atom stereocenters. The molecule has 1 aliphatic rings. The minimum atomic E-state index is -0.366. The number of carbonyl (C=O) groups is 2. The highest BCUT2D eigenvalue weighted by Gasteiger charge is 2.24. The number of aromatic nitrogens is 2. The lowest BCUT2D eigenvalue weighted by atomic mass is 10.0. The van der Waals surface area contributed by atoms with Gasteiger partial charge in [-0.25, -0.2) is 9.48 Å². The maximum Gasteiger partial charge on any atom is 0.320 e. The standard InChI is InChI=1S/C22H22ClN5O3/c1-27(2)21(29)14-6-8-15(9-7-14)28-12-10-19(26-28)25-22(30)24-18-11-13-31-20-16(18)4-3-5-17(20)23/h3-10,12,18H,11,13H2,1-2H3,(H2,24,25,26,30)/t18-/m0/s1. The van der Waals surface area contributed by atoms with Crippen LogP contribution in [0.3, 0.4) is 0 Å². The number of ether oxygens (including phenoxy) is 1. The molecule has 160 valence electrons. The Bertz CT molecular complexity index is 1110. The third kappa shape index (κ3) is 4.49. The van der Waals surface area contributed by atoms with Crippen LogP contribution in [-0.4, -0.2) is 47.3 Å². The number of carbonyl (C=O) groups excluding carboxylic acids is 2. The molecule has 0 radical (unpaired) electrons. The van der Waals surface area contributed by atoms with Crippen LogP contribution in [0.5, 0.6) is 5.75 Å². The van der Waals surface area contributed by atoms with Gasteiger partial charge in [0.05, 0.1) is 23.4 Å². The lowest BCUT2D eigenvalue weighted by Gasteiger charge is -2.27. The fraction of sp³-hybridized carbons (Fsp3) is 0.227. The second-order valence-corrected chi connectivity index (χ2v) is 7.75. The van der Waals surface area contributed by atoms with Crippen LogP contribution in [0, 0.1) is 0 Å². The molecule has 0 spiro atoms. The highest BCUT2D eigenvalue weighted by Crippen LogP contribution is 2.37. The summed E-state index contributed by atoms with van der Waals surface area (Å²) in [5, 5.41) is 10.6. The normalized spacial score (nSPS) is 14.9. The summed E-state index contributed by atoms with van der Waals surface area (Å²) in [7, 11) is 3.42. The number of nitrogens with one attached hydrogen (secondary N) is 2. The first-order chi connectivity index (χ1) is 14.9. The molecule has 0 saturated heterocycles. The second kappa shape index (κ2) is 8.69. The van der Waals surface area contributed by atoms with Crippen LogP contribution < -0.4 is 15.4 Å². The molecule has 2 aromatic carbocycles. The number of anilines is 1. The Morgan fingerprint density at radius 1 is 1.16 bits per heavy atom. The van der Waals surface area contributed by atoms with Crippen LogP contribution in [0.1, 0.15) is 28.4 Å². The summed E-state index contributed by atoms with van der Waals surface area (Å²) in [6, 6.07) is 13.7. The van der Waals surface area contributed by atoms with Crippen LogP contribution in [0.25, 0.3) is 5.69 Å². The van der Waals surface area contributed by atoms with E-state index in [-0.39, 0.29) is 18.0 Å². The summed E-state index contributed by atoms with van der Waals surface area (Å²) >= 11 is 6.19. The van der Waals surface area contributed by atoms with Gasteiger partial charge in [0.15, 0.2) is 5.82 Å². The van der Waals surface area contributed by atoms with Gasteiger partial charge >= 0.3 is 6.03 Å². The van der Waals surface area contributed by atoms with E-state index >= 15 is 0 Å². The van der Waals surface area contributed by atoms with Gasteiger partial charge in [-0.05, 0) is 30.3 Å². The van der Waals surface area contributed by atoms with Crippen molar-refractivity contribution in [3.05, 3.63) is 70.9 Å². The molecule has 2 N–H and O–H groups in total. The quantitative estimate of drug-likeness (QED) is 0.645. The van der Waals surface area contributed by atoms with Crippen LogP contribution in [0.4, 0.5) is 10.6 Å². The van der Waals surface area contributed by atoms with Gasteiger partial charge in [-0.1, -0.05) is 23.7 Å². The molecule has 0 fully saturated rings. The maximum absolute atomic E-state index is 12.5.